The van der Waals surface area contributed by atoms with Crippen molar-refractivity contribution in [3.05, 3.63) is 66.0 Å². The molecule has 7 heteroatoms. The standard InChI is InChI=1S/C19H23FN2O3S/c1-26(24,25)22(14-5-8-16-6-3-2-4-7-16)15-13-19(23)21-18-11-9-17(20)10-12-18/h2-4,6-7,9-12H,5,8,13-15H2,1H3,(H,21,23). The molecule has 26 heavy (non-hydrogen) atoms. The van der Waals surface area contributed by atoms with Gasteiger partial charge in [0.25, 0.3) is 0 Å². The highest BCUT2D eigenvalue weighted by atomic mass is 32.2. The van der Waals surface area contributed by atoms with E-state index in [1.165, 1.54) is 28.6 Å². The van der Waals surface area contributed by atoms with Crippen molar-refractivity contribution in [1.29, 1.82) is 0 Å². The van der Waals surface area contributed by atoms with E-state index in [0.717, 1.165) is 18.2 Å². The molecule has 5 nitrogen and oxygen atoms in total. The second kappa shape index (κ2) is 9.45. The van der Waals surface area contributed by atoms with Gasteiger partial charge in [-0.25, -0.2) is 17.1 Å². The Morgan fingerprint density at radius 1 is 1.04 bits per heavy atom. The summed E-state index contributed by atoms with van der Waals surface area (Å²) >= 11 is 0. The summed E-state index contributed by atoms with van der Waals surface area (Å²) in [7, 11) is -3.39. The molecular weight excluding hydrogens is 355 g/mol. The molecule has 0 atom stereocenters. The number of hydrogen-bond donors (Lipinski definition) is 1. The second-order valence-electron chi connectivity index (χ2n) is 6.06. The zero-order valence-electron chi connectivity index (χ0n) is 14.7. The molecule has 1 amide bonds. The lowest BCUT2D eigenvalue weighted by Gasteiger charge is -2.19. The maximum Gasteiger partial charge on any atom is 0.225 e. The highest BCUT2D eigenvalue weighted by Gasteiger charge is 2.17. The third-order valence-electron chi connectivity index (χ3n) is 3.90. The van der Waals surface area contributed by atoms with E-state index < -0.39 is 10.0 Å². The minimum absolute atomic E-state index is 0.0375. The lowest BCUT2D eigenvalue weighted by molar-refractivity contribution is -0.116. The SMILES string of the molecule is CS(=O)(=O)N(CCCc1ccccc1)CCC(=O)Nc1ccc(F)cc1. The number of nitrogens with zero attached hydrogens (tertiary/aromatic N) is 1. The average Bonchev–Trinajstić information content (AvgIpc) is 2.60. The lowest BCUT2D eigenvalue weighted by atomic mass is 10.1. The summed E-state index contributed by atoms with van der Waals surface area (Å²) < 4.78 is 38.1. The number of sulfonamides is 1. The van der Waals surface area contributed by atoms with Crippen LogP contribution in [0, 0.1) is 5.82 Å². The molecule has 2 aromatic carbocycles. The van der Waals surface area contributed by atoms with E-state index in [2.05, 4.69) is 5.32 Å². The summed E-state index contributed by atoms with van der Waals surface area (Å²) in [6.07, 6.45) is 2.63. The molecule has 1 N–H and O–H groups in total. The van der Waals surface area contributed by atoms with Crippen molar-refractivity contribution in [3.8, 4) is 0 Å². The van der Waals surface area contributed by atoms with Gasteiger partial charge >= 0.3 is 0 Å². The van der Waals surface area contributed by atoms with Gasteiger partial charge in [-0.15, -0.1) is 0 Å². The van der Waals surface area contributed by atoms with Gasteiger partial charge in [0.2, 0.25) is 15.9 Å². The smallest absolute Gasteiger partial charge is 0.225 e. The van der Waals surface area contributed by atoms with E-state index in [1.807, 2.05) is 30.3 Å². The normalized spacial score (nSPS) is 11.5. The van der Waals surface area contributed by atoms with Crippen molar-refractivity contribution < 1.29 is 17.6 Å². The Labute approximate surface area is 153 Å². The third-order valence-corrected chi connectivity index (χ3v) is 5.20. The van der Waals surface area contributed by atoms with Crippen LogP contribution in [-0.2, 0) is 21.2 Å². The Hall–Kier alpha value is -2.25. The van der Waals surface area contributed by atoms with Crippen LogP contribution in [0.5, 0.6) is 0 Å². The summed E-state index contributed by atoms with van der Waals surface area (Å²) in [6, 6.07) is 15.3. The van der Waals surface area contributed by atoms with Crippen molar-refractivity contribution in [2.24, 2.45) is 0 Å². The van der Waals surface area contributed by atoms with E-state index in [1.54, 1.807) is 0 Å². The maximum atomic E-state index is 12.9. The van der Waals surface area contributed by atoms with Crippen LogP contribution in [0.25, 0.3) is 0 Å². The quantitative estimate of drug-likeness (QED) is 0.729. The number of carbonyl (C=O) groups excluding carboxylic acids is 1. The van der Waals surface area contributed by atoms with Gasteiger partial charge in [0.05, 0.1) is 6.26 Å². The van der Waals surface area contributed by atoms with Crippen molar-refractivity contribution >= 4 is 21.6 Å². The Balaban J connectivity index is 1.83. The number of anilines is 1. The molecule has 0 bridgehead atoms. The first-order valence-electron chi connectivity index (χ1n) is 8.39. The molecule has 140 valence electrons. The lowest BCUT2D eigenvalue weighted by Crippen LogP contribution is -2.34. The van der Waals surface area contributed by atoms with Gasteiger partial charge in [-0.05, 0) is 42.7 Å². The largest absolute Gasteiger partial charge is 0.326 e. The summed E-state index contributed by atoms with van der Waals surface area (Å²) in [5.74, 6) is -0.696. The van der Waals surface area contributed by atoms with Crippen molar-refractivity contribution in [2.75, 3.05) is 24.7 Å². The molecule has 0 aromatic heterocycles. The molecule has 2 aromatic rings. The van der Waals surface area contributed by atoms with Gasteiger partial charge in [0.15, 0.2) is 0 Å². The number of benzene rings is 2. The predicted molar refractivity (Wildman–Crippen MR) is 101 cm³/mol. The van der Waals surface area contributed by atoms with Crippen LogP contribution in [0.3, 0.4) is 0 Å². The molecule has 0 spiro atoms. The highest BCUT2D eigenvalue weighted by molar-refractivity contribution is 7.88. The number of hydrogen-bond acceptors (Lipinski definition) is 3. The summed E-state index contributed by atoms with van der Waals surface area (Å²) in [6.45, 7) is 0.470. The first kappa shape index (κ1) is 20.1. The van der Waals surface area contributed by atoms with E-state index in [9.17, 15) is 17.6 Å². The van der Waals surface area contributed by atoms with Gasteiger partial charge < -0.3 is 5.32 Å². The number of amides is 1. The average molecular weight is 378 g/mol. The number of aryl methyl sites for hydroxylation is 1. The van der Waals surface area contributed by atoms with Crippen molar-refractivity contribution in [3.63, 3.8) is 0 Å². The minimum Gasteiger partial charge on any atom is -0.326 e. The zero-order valence-corrected chi connectivity index (χ0v) is 15.5. The monoisotopic (exact) mass is 378 g/mol. The first-order chi connectivity index (χ1) is 12.3. The summed E-state index contributed by atoms with van der Waals surface area (Å²) in [5, 5.41) is 2.63. The topological polar surface area (TPSA) is 66.5 Å². The van der Waals surface area contributed by atoms with Gasteiger partial charge in [-0.3, -0.25) is 4.79 Å². The number of rotatable bonds is 9. The van der Waals surface area contributed by atoms with Gasteiger partial charge in [0, 0.05) is 25.2 Å². The van der Waals surface area contributed by atoms with Crippen LogP contribution < -0.4 is 5.32 Å². The summed E-state index contributed by atoms with van der Waals surface area (Å²) in [5.41, 5.74) is 1.63. The molecule has 0 saturated heterocycles. The van der Waals surface area contributed by atoms with Gasteiger partial charge in [-0.2, -0.15) is 0 Å². The van der Waals surface area contributed by atoms with Crippen LogP contribution in [0.2, 0.25) is 0 Å². The van der Waals surface area contributed by atoms with Crippen LogP contribution in [0.15, 0.2) is 54.6 Å². The third kappa shape index (κ3) is 6.93. The number of carbonyl (C=O) groups is 1. The molecule has 0 saturated carbocycles. The zero-order chi connectivity index (χ0) is 19.0. The van der Waals surface area contributed by atoms with E-state index in [0.29, 0.717) is 18.7 Å². The van der Waals surface area contributed by atoms with Crippen LogP contribution in [0.4, 0.5) is 10.1 Å². The van der Waals surface area contributed by atoms with Gasteiger partial charge in [-0.1, -0.05) is 30.3 Å². The molecular formula is C19H23FN2O3S. The molecule has 2 rings (SSSR count). The Morgan fingerprint density at radius 2 is 1.69 bits per heavy atom. The second-order valence-corrected chi connectivity index (χ2v) is 8.04. The Kier molecular flexibility index (Phi) is 7.29. The molecule has 0 radical (unpaired) electrons. The first-order valence-corrected chi connectivity index (χ1v) is 10.2. The van der Waals surface area contributed by atoms with E-state index >= 15 is 0 Å². The fourth-order valence-electron chi connectivity index (χ4n) is 2.53. The maximum absolute atomic E-state index is 12.9. The molecule has 0 aliphatic heterocycles. The number of nitrogens with one attached hydrogen (secondary N) is 1. The summed E-state index contributed by atoms with van der Waals surface area (Å²) in [4.78, 5) is 12.0. The Morgan fingerprint density at radius 3 is 2.31 bits per heavy atom. The Bertz CT molecular complexity index is 808. The van der Waals surface area contributed by atoms with E-state index in [-0.39, 0.29) is 24.7 Å². The van der Waals surface area contributed by atoms with E-state index in [4.69, 9.17) is 0 Å². The van der Waals surface area contributed by atoms with Crippen molar-refractivity contribution in [2.45, 2.75) is 19.3 Å². The predicted octanol–water partition coefficient (Wildman–Crippen LogP) is 3.05. The molecule has 0 aliphatic rings. The molecule has 0 aliphatic carbocycles. The fraction of sp³-hybridized carbons (Fsp3) is 0.316. The van der Waals surface area contributed by atoms with Crippen LogP contribution in [0.1, 0.15) is 18.4 Å². The minimum atomic E-state index is -3.39. The molecule has 0 heterocycles. The molecule has 0 fully saturated rings. The van der Waals surface area contributed by atoms with Gasteiger partial charge in [0.1, 0.15) is 5.82 Å². The fourth-order valence-corrected chi connectivity index (χ4v) is 3.41. The van der Waals surface area contributed by atoms with Crippen molar-refractivity contribution in [1.82, 2.24) is 4.31 Å². The molecule has 0 unspecified atom stereocenters. The van der Waals surface area contributed by atoms with Crippen LogP contribution in [-0.4, -0.2) is 38.0 Å². The highest BCUT2D eigenvalue weighted by Crippen LogP contribution is 2.10. The van der Waals surface area contributed by atoms with Crippen LogP contribution >= 0.6 is 0 Å². The number of halogens is 1.